The summed E-state index contributed by atoms with van der Waals surface area (Å²) < 4.78 is 5.32. The molecular weight excluding hydrogens is 248 g/mol. The molecule has 0 heterocycles. The molecule has 2 atom stereocenters. The summed E-state index contributed by atoms with van der Waals surface area (Å²) in [4.78, 5) is 22.8. The van der Waals surface area contributed by atoms with Crippen molar-refractivity contribution in [3.63, 3.8) is 0 Å². The van der Waals surface area contributed by atoms with Gasteiger partial charge in [-0.05, 0) is 38.5 Å². The van der Waals surface area contributed by atoms with E-state index in [0.717, 1.165) is 38.5 Å². The van der Waals surface area contributed by atoms with Crippen molar-refractivity contribution in [2.24, 2.45) is 0 Å². The molecule has 2 unspecified atom stereocenters. The molecule has 2 aliphatic carbocycles. The minimum atomic E-state index is -0.865. The Morgan fingerprint density at radius 3 is 2.58 bits per heavy atom. The topological polar surface area (TPSA) is 87.7 Å². The molecule has 19 heavy (non-hydrogen) atoms. The number of hydrogen-bond acceptors (Lipinski definition) is 3. The number of rotatable bonds is 5. The van der Waals surface area contributed by atoms with Gasteiger partial charge in [-0.1, -0.05) is 0 Å². The van der Waals surface area contributed by atoms with Crippen LogP contribution >= 0.6 is 0 Å². The average molecular weight is 270 g/mol. The first kappa shape index (κ1) is 14.1. The van der Waals surface area contributed by atoms with Crippen LogP contribution in [0.2, 0.25) is 0 Å². The minimum Gasteiger partial charge on any atom is -0.481 e. The van der Waals surface area contributed by atoms with Crippen LogP contribution in [-0.4, -0.2) is 41.9 Å². The van der Waals surface area contributed by atoms with Crippen molar-refractivity contribution in [1.82, 2.24) is 10.6 Å². The summed E-state index contributed by atoms with van der Waals surface area (Å²) in [5.41, 5.74) is -0.545. The van der Waals surface area contributed by atoms with E-state index in [1.165, 1.54) is 0 Å². The number of methoxy groups -OCH3 is 1. The second-order valence-corrected chi connectivity index (χ2v) is 5.61. The van der Waals surface area contributed by atoms with Gasteiger partial charge in [0.05, 0.1) is 24.1 Å². The van der Waals surface area contributed by atoms with E-state index >= 15 is 0 Å². The Kier molecular flexibility index (Phi) is 4.29. The highest BCUT2D eigenvalue weighted by atomic mass is 16.5. The summed E-state index contributed by atoms with van der Waals surface area (Å²) >= 11 is 0. The van der Waals surface area contributed by atoms with Crippen LogP contribution in [0.3, 0.4) is 0 Å². The molecule has 0 aromatic carbocycles. The highest BCUT2D eigenvalue weighted by Gasteiger charge is 2.41. The molecule has 2 saturated carbocycles. The summed E-state index contributed by atoms with van der Waals surface area (Å²) in [7, 11) is 1.65. The third-order valence-electron chi connectivity index (χ3n) is 4.25. The van der Waals surface area contributed by atoms with Crippen molar-refractivity contribution in [1.29, 1.82) is 0 Å². The first-order valence-electron chi connectivity index (χ1n) is 6.88. The lowest BCUT2D eigenvalue weighted by Gasteiger charge is -2.41. The fourth-order valence-electron chi connectivity index (χ4n) is 3.06. The number of carboxylic acid groups (broad SMARTS) is 1. The molecule has 0 saturated heterocycles. The van der Waals surface area contributed by atoms with Crippen molar-refractivity contribution in [2.45, 2.75) is 62.6 Å². The van der Waals surface area contributed by atoms with Gasteiger partial charge in [0.1, 0.15) is 0 Å². The lowest BCUT2D eigenvalue weighted by atomic mass is 9.74. The van der Waals surface area contributed by atoms with Crippen LogP contribution in [0.25, 0.3) is 0 Å². The summed E-state index contributed by atoms with van der Waals surface area (Å²) in [6, 6.07) is -0.234. The lowest BCUT2D eigenvalue weighted by molar-refractivity contribution is -0.139. The van der Waals surface area contributed by atoms with E-state index in [-0.39, 0.29) is 24.6 Å². The van der Waals surface area contributed by atoms with Gasteiger partial charge in [-0.2, -0.15) is 0 Å². The van der Waals surface area contributed by atoms with E-state index in [4.69, 9.17) is 9.84 Å². The number of hydrogen-bond donors (Lipinski definition) is 3. The van der Waals surface area contributed by atoms with E-state index in [1.807, 2.05) is 0 Å². The summed E-state index contributed by atoms with van der Waals surface area (Å²) in [6.45, 7) is 0. The Hall–Kier alpha value is -1.30. The first-order valence-corrected chi connectivity index (χ1v) is 6.88. The molecule has 2 fully saturated rings. The van der Waals surface area contributed by atoms with Crippen molar-refractivity contribution < 1.29 is 19.4 Å². The van der Waals surface area contributed by atoms with Gasteiger partial charge in [-0.15, -0.1) is 0 Å². The van der Waals surface area contributed by atoms with Crippen molar-refractivity contribution in [2.75, 3.05) is 7.11 Å². The molecule has 2 rings (SSSR count). The van der Waals surface area contributed by atoms with E-state index < -0.39 is 11.5 Å². The zero-order chi connectivity index (χ0) is 13.9. The number of ether oxygens (including phenoxy) is 1. The first-order chi connectivity index (χ1) is 9.04. The number of aliphatic carboxylic acids is 1. The number of carbonyl (C=O) groups excluding carboxylic acids is 1. The third-order valence-corrected chi connectivity index (χ3v) is 4.25. The quantitative estimate of drug-likeness (QED) is 0.701. The number of nitrogens with one attached hydrogen (secondary N) is 2. The Balaban J connectivity index is 1.84. The number of urea groups is 1. The smallest absolute Gasteiger partial charge is 0.315 e. The summed E-state index contributed by atoms with van der Waals surface area (Å²) in [5.74, 6) is -0.865. The van der Waals surface area contributed by atoms with Crippen LogP contribution < -0.4 is 10.6 Å². The average Bonchev–Trinajstić information content (AvgIpc) is 2.72. The fourth-order valence-corrected chi connectivity index (χ4v) is 3.06. The van der Waals surface area contributed by atoms with E-state index in [9.17, 15) is 9.59 Å². The maximum atomic E-state index is 12.0. The zero-order valence-electron chi connectivity index (χ0n) is 11.3. The second-order valence-electron chi connectivity index (χ2n) is 5.61. The molecule has 0 spiro atoms. The van der Waals surface area contributed by atoms with Crippen molar-refractivity contribution in [3.8, 4) is 0 Å². The van der Waals surface area contributed by atoms with Gasteiger partial charge >= 0.3 is 12.0 Å². The van der Waals surface area contributed by atoms with Crippen LogP contribution in [0, 0.1) is 0 Å². The zero-order valence-corrected chi connectivity index (χ0v) is 11.3. The molecule has 2 amide bonds. The van der Waals surface area contributed by atoms with E-state index in [0.29, 0.717) is 0 Å². The molecule has 0 aromatic heterocycles. The van der Waals surface area contributed by atoms with Crippen molar-refractivity contribution in [3.05, 3.63) is 0 Å². The maximum absolute atomic E-state index is 12.0. The lowest BCUT2D eigenvalue weighted by Crippen LogP contribution is -2.59. The van der Waals surface area contributed by atoms with E-state index in [2.05, 4.69) is 10.6 Å². The van der Waals surface area contributed by atoms with Crippen molar-refractivity contribution >= 4 is 12.0 Å². The van der Waals surface area contributed by atoms with Gasteiger partial charge in [0.25, 0.3) is 0 Å². The van der Waals surface area contributed by atoms with E-state index in [1.54, 1.807) is 7.11 Å². The standard InChI is InChI=1S/C13H22N2O4/c1-19-10-5-2-4-9(10)14-12(18)15-13(6-3-7-13)8-11(16)17/h9-10H,2-8H2,1H3,(H,16,17)(H2,14,15,18). The molecule has 2 aliphatic rings. The highest BCUT2D eigenvalue weighted by Crippen LogP contribution is 2.35. The molecular formula is C13H22N2O4. The molecule has 108 valence electrons. The number of carboxylic acids is 1. The number of amides is 2. The normalized spacial score (nSPS) is 28.5. The molecule has 0 aliphatic heterocycles. The van der Waals surface area contributed by atoms with Crippen LogP contribution in [0.5, 0.6) is 0 Å². The van der Waals surface area contributed by atoms with Gasteiger partial charge < -0.3 is 20.5 Å². The SMILES string of the molecule is COC1CCCC1NC(=O)NC1(CC(=O)O)CCC1. The van der Waals surface area contributed by atoms with Crippen LogP contribution in [0.15, 0.2) is 0 Å². The molecule has 6 heteroatoms. The fraction of sp³-hybridized carbons (Fsp3) is 0.846. The van der Waals surface area contributed by atoms with Crippen LogP contribution in [-0.2, 0) is 9.53 Å². The molecule has 0 radical (unpaired) electrons. The predicted octanol–water partition coefficient (Wildman–Crippen LogP) is 1.25. The molecule has 0 bridgehead atoms. The third kappa shape index (κ3) is 3.37. The Labute approximate surface area is 112 Å². The molecule has 3 N–H and O–H groups in total. The highest BCUT2D eigenvalue weighted by molar-refractivity contribution is 5.77. The van der Waals surface area contributed by atoms with Gasteiger partial charge in [0, 0.05) is 7.11 Å². The Morgan fingerprint density at radius 1 is 1.32 bits per heavy atom. The van der Waals surface area contributed by atoms with Crippen LogP contribution in [0.4, 0.5) is 4.79 Å². The Bertz CT molecular complexity index is 355. The Morgan fingerprint density at radius 2 is 2.05 bits per heavy atom. The van der Waals surface area contributed by atoms with Gasteiger partial charge in [-0.3, -0.25) is 4.79 Å². The monoisotopic (exact) mass is 270 g/mol. The van der Waals surface area contributed by atoms with Gasteiger partial charge in [0.15, 0.2) is 0 Å². The largest absolute Gasteiger partial charge is 0.481 e. The second kappa shape index (κ2) is 5.77. The maximum Gasteiger partial charge on any atom is 0.315 e. The van der Waals surface area contributed by atoms with Gasteiger partial charge in [0.2, 0.25) is 0 Å². The van der Waals surface area contributed by atoms with Crippen LogP contribution in [0.1, 0.15) is 44.9 Å². The number of carbonyl (C=O) groups is 2. The predicted molar refractivity (Wildman–Crippen MR) is 68.9 cm³/mol. The molecule has 6 nitrogen and oxygen atoms in total. The summed E-state index contributed by atoms with van der Waals surface area (Å²) in [6.07, 6.45) is 5.44. The minimum absolute atomic E-state index is 0.00120. The van der Waals surface area contributed by atoms with Gasteiger partial charge in [-0.25, -0.2) is 4.79 Å². The molecule has 0 aromatic rings. The summed E-state index contributed by atoms with van der Waals surface area (Å²) in [5, 5.41) is 14.7.